The second-order valence-corrected chi connectivity index (χ2v) is 4.45. The molecule has 0 aromatic carbocycles. The average molecular weight is 309 g/mol. The topological polar surface area (TPSA) is 66.4 Å². The van der Waals surface area contributed by atoms with Crippen LogP contribution in [0.5, 0.6) is 0 Å². The number of nitrogens with one attached hydrogen (secondary N) is 1. The number of carboxylic acids is 1. The van der Waals surface area contributed by atoms with Crippen molar-refractivity contribution in [1.82, 2.24) is 5.32 Å². The van der Waals surface area contributed by atoms with Crippen molar-refractivity contribution in [2.24, 2.45) is 17.8 Å². The summed E-state index contributed by atoms with van der Waals surface area (Å²) in [7, 11) is 0. The van der Waals surface area contributed by atoms with E-state index in [0.717, 1.165) is 0 Å². The molecule has 4 nitrogen and oxygen atoms in total. The zero-order chi connectivity index (χ0) is 16.3. The summed E-state index contributed by atoms with van der Waals surface area (Å²) >= 11 is 0. The van der Waals surface area contributed by atoms with Gasteiger partial charge in [-0.2, -0.15) is 26.3 Å². The van der Waals surface area contributed by atoms with Crippen molar-refractivity contribution in [3.05, 3.63) is 0 Å². The van der Waals surface area contributed by atoms with Crippen LogP contribution in [0.15, 0.2) is 0 Å². The lowest BCUT2D eigenvalue weighted by molar-refractivity contribution is -0.274. The molecule has 0 aliphatic heterocycles. The molecule has 0 aliphatic carbocycles. The molecule has 1 atom stereocenters. The van der Waals surface area contributed by atoms with Gasteiger partial charge in [-0.05, 0) is 5.92 Å². The van der Waals surface area contributed by atoms with E-state index in [-0.39, 0.29) is 0 Å². The molecule has 10 heteroatoms. The second kappa shape index (κ2) is 6.31. The van der Waals surface area contributed by atoms with Gasteiger partial charge in [0.25, 0.3) is 0 Å². The first-order valence-electron chi connectivity index (χ1n) is 5.42. The summed E-state index contributed by atoms with van der Waals surface area (Å²) in [6, 6.07) is 0. The standard InChI is InChI=1S/C10H13F6NO3/c1-4(2)5(8(19)20)3-17-7(18)6(9(11,12)13)10(14,15)16/h4-6H,3H2,1-2H3,(H,17,18)(H,19,20). The van der Waals surface area contributed by atoms with Gasteiger partial charge >= 0.3 is 18.3 Å². The first-order valence-corrected chi connectivity index (χ1v) is 5.42. The summed E-state index contributed by atoms with van der Waals surface area (Å²) in [5.41, 5.74) is 0. The Morgan fingerprint density at radius 2 is 1.45 bits per heavy atom. The third-order valence-corrected chi connectivity index (χ3v) is 2.53. The van der Waals surface area contributed by atoms with Gasteiger partial charge in [0.15, 0.2) is 0 Å². The normalized spacial score (nSPS) is 14.5. The van der Waals surface area contributed by atoms with Crippen LogP contribution in [0.3, 0.4) is 0 Å². The zero-order valence-corrected chi connectivity index (χ0v) is 10.5. The molecule has 1 unspecified atom stereocenters. The summed E-state index contributed by atoms with van der Waals surface area (Å²) in [4.78, 5) is 21.8. The molecule has 0 aromatic rings. The Balaban J connectivity index is 4.93. The molecule has 0 spiro atoms. The molecule has 2 N–H and O–H groups in total. The van der Waals surface area contributed by atoms with Crippen molar-refractivity contribution < 1.29 is 41.0 Å². The summed E-state index contributed by atoms with van der Waals surface area (Å²) in [5.74, 6) is -9.74. The highest BCUT2D eigenvalue weighted by atomic mass is 19.4. The number of rotatable bonds is 5. The number of carbonyl (C=O) groups excluding carboxylic acids is 1. The lowest BCUT2D eigenvalue weighted by atomic mass is 9.95. The van der Waals surface area contributed by atoms with Gasteiger partial charge in [0.2, 0.25) is 11.8 Å². The average Bonchev–Trinajstić information content (AvgIpc) is 2.10. The number of aliphatic carboxylic acids is 1. The Labute approximate surface area is 110 Å². The molecule has 0 saturated carbocycles. The van der Waals surface area contributed by atoms with Crippen LogP contribution in [0, 0.1) is 17.8 Å². The molecule has 0 rings (SSSR count). The maximum atomic E-state index is 12.2. The Bertz CT molecular complexity index is 349. The molecular formula is C10H13F6NO3. The van der Waals surface area contributed by atoms with E-state index in [0.29, 0.717) is 0 Å². The fourth-order valence-corrected chi connectivity index (χ4v) is 1.40. The van der Waals surface area contributed by atoms with Crippen LogP contribution < -0.4 is 5.32 Å². The maximum absolute atomic E-state index is 12.2. The Morgan fingerprint density at radius 3 is 1.70 bits per heavy atom. The van der Waals surface area contributed by atoms with E-state index in [1.54, 1.807) is 0 Å². The number of alkyl halides is 6. The first kappa shape index (κ1) is 18.5. The minimum absolute atomic E-state index is 0.567. The molecule has 0 aromatic heterocycles. The van der Waals surface area contributed by atoms with Crippen LogP contribution in [0.2, 0.25) is 0 Å². The highest BCUT2D eigenvalue weighted by Gasteiger charge is 2.61. The van der Waals surface area contributed by atoms with Crippen LogP contribution in [0.4, 0.5) is 26.3 Å². The summed E-state index contributed by atoms with van der Waals surface area (Å²) < 4.78 is 73.3. The molecule has 0 fully saturated rings. The van der Waals surface area contributed by atoms with Crippen LogP contribution in [-0.2, 0) is 9.59 Å². The predicted octanol–water partition coefficient (Wildman–Crippen LogP) is 2.20. The van der Waals surface area contributed by atoms with Crippen molar-refractivity contribution in [2.75, 3.05) is 6.54 Å². The number of halogens is 6. The minimum atomic E-state index is -5.79. The molecule has 0 aliphatic rings. The first-order chi connectivity index (χ1) is 8.78. The molecule has 118 valence electrons. The lowest BCUT2D eigenvalue weighted by Gasteiger charge is -2.23. The van der Waals surface area contributed by atoms with E-state index >= 15 is 0 Å². The van der Waals surface area contributed by atoms with Crippen molar-refractivity contribution in [2.45, 2.75) is 26.2 Å². The number of hydrogen-bond acceptors (Lipinski definition) is 2. The van der Waals surface area contributed by atoms with Gasteiger partial charge < -0.3 is 10.4 Å². The van der Waals surface area contributed by atoms with E-state index in [1.807, 2.05) is 0 Å². The molecule has 0 heterocycles. The van der Waals surface area contributed by atoms with E-state index in [9.17, 15) is 35.9 Å². The van der Waals surface area contributed by atoms with Crippen LogP contribution in [0.1, 0.15) is 13.8 Å². The Morgan fingerprint density at radius 1 is 1.05 bits per heavy atom. The predicted molar refractivity (Wildman–Crippen MR) is 54.6 cm³/mol. The third kappa shape index (κ3) is 5.25. The molecular weight excluding hydrogens is 296 g/mol. The fourth-order valence-electron chi connectivity index (χ4n) is 1.40. The maximum Gasteiger partial charge on any atom is 0.409 e. The van der Waals surface area contributed by atoms with Gasteiger partial charge in [0, 0.05) is 6.54 Å². The molecule has 0 radical (unpaired) electrons. The van der Waals surface area contributed by atoms with Gasteiger partial charge in [-0.3, -0.25) is 9.59 Å². The summed E-state index contributed by atoms with van der Waals surface area (Å²) in [6.07, 6.45) is -11.6. The van der Waals surface area contributed by atoms with E-state index in [1.165, 1.54) is 19.2 Å². The Hall–Kier alpha value is -1.48. The van der Waals surface area contributed by atoms with E-state index in [2.05, 4.69) is 0 Å². The van der Waals surface area contributed by atoms with Crippen molar-refractivity contribution in [3.63, 3.8) is 0 Å². The van der Waals surface area contributed by atoms with Gasteiger partial charge in [-0.25, -0.2) is 0 Å². The quantitative estimate of drug-likeness (QED) is 0.765. The third-order valence-electron chi connectivity index (χ3n) is 2.53. The zero-order valence-electron chi connectivity index (χ0n) is 10.5. The summed E-state index contributed by atoms with van der Waals surface area (Å²) in [6.45, 7) is 2.01. The highest BCUT2D eigenvalue weighted by molar-refractivity contribution is 5.81. The minimum Gasteiger partial charge on any atom is -0.481 e. The number of hydrogen-bond donors (Lipinski definition) is 2. The number of carbonyl (C=O) groups is 2. The highest BCUT2D eigenvalue weighted by Crippen LogP contribution is 2.39. The lowest BCUT2D eigenvalue weighted by Crippen LogP contribution is -2.49. The SMILES string of the molecule is CC(C)C(CNC(=O)C(C(F)(F)F)C(F)(F)F)C(=O)O. The van der Waals surface area contributed by atoms with Crippen molar-refractivity contribution in [1.29, 1.82) is 0 Å². The molecule has 0 bridgehead atoms. The van der Waals surface area contributed by atoms with Crippen molar-refractivity contribution >= 4 is 11.9 Å². The molecule has 0 saturated heterocycles. The van der Waals surface area contributed by atoms with Gasteiger partial charge in [-0.15, -0.1) is 0 Å². The largest absolute Gasteiger partial charge is 0.481 e. The Kier molecular flexibility index (Phi) is 5.85. The number of carboxylic acid groups (broad SMARTS) is 1. The summed E-state index contributed by atoms with van der Waals surface area (Å²) in [5, 5.41) is 10.1. The second-order valence-electron chi connectivity index (χ2n) is 4.45. The van der Waals surface area contributed by atoms with Crippen molar-refractivity contribution in [3.8, 4) is 0 Å². The van der Waals surface area contributed by atoms with Crippen LogP contribution in [0.25, 0.3) is 0 Å². The van der Waals surface area contributed by atoms with E-state index in [4.69, 9.17) is 5.11 Å². The monoisotopic (exact) mass is 309 g/mol. The number of amides is 1. The smallest absolute Gasteiger partial charge is 0.409 e. The van der Waals surface area contributed by atoms with Gasteiger partial charge in [-0.1, -0.05) is 13.8 Å². The molecule has 1 amide bonds. The van der Waals surface area contributed by atoms with Gasteiger partial charge in [0.05, 0.1) is 5.92 Å². The van der Waals surface area contributed by atoms with Crippen LogP contribution in [-0.4, -0.2) is 35.9 Å². The molecule has 20 heavy (non-hydrogen) atoms. The van der Waals surface area contributed by atoms with E-state index < -0.39 is 48.5 Å². The fraction of sp³-hybridized carbons (Fsp3) is 0.800. The van der Waals surface area contributed by atoms with Gasteiger partial charge in [0.1, 0.15) is 0 Å². The van der Waals surface area contributed by atoms with Crippen LogP contribution >= 0.6 is 0 Å².